The molecule has 5 nitrogen and oxygen atoms in total. The van der Waals surface area contributed by atoms with Crippen molar-refractivity contribution in [3.8, 4) is 5.75 Å². The molecule has 0 unspecified atom stereocenters. The van der Waals surface area contributed by atoms with Crippen molar-refractivity contribution in [2.45, 2.75) is 13.3 Å². The highest BCUT2D eigenvalue weighted by molar-refractivity contribution is 6.52. The quantitative estimate of drug-likeness (QED) is 0.578. The van der Waals surface area contributed by atoms with E-state index in [0.29, 0.717) is 43.2 Å². The van der Waals surface area contributed by atoms with Crippen molar-refractivity contribution in [1.29, 1.82) is 0 Å². The number of amides is 1. The topological polar surface area (TPSA) is 55.8 Å². The second-order valence-electron chi connectivity index (χ2n) is 4.22. The van der Waals surface area contributed by atoms with Crippen LogP contribution in [0.25, 0.3) is 0 Å². The van der Waals surface area contributed by atoms with Gasteiger partial charge in [-0.15, -0.1) is 0 Å². The van der Waals surface area contributed by atoms with Gasteiger partial charge in [-0.05, 0) is 31.5 Å². The van der Waals surface area contributed by atoms with Gasteiger partial charge >= 0.3 is 0 Å². The van der Waals surface area contributed by atoms with Gasteiger partial charge in [-0.3, -0.25) is 9.59 Å². The number of methoxy groups -OCH3 is 1. The number of carbonyl (C=O) groups excluding carboxylic acids is 2. The Morgan fingerprint density at radius 2 is 2.05 bits per heavy atom. The predicted molar refractivity (Wildman–Crippen MR) is 70.8 cm³/mol. The normalized spacial score (nSPS) is 13.9. The first-order valence-electron chi connectivity index (χ1n) is 6.31. The first kappa shape index (κ1) is 13.5. The highest BCUT2D eigenvalue weighted by Gasteiger charge is 2.35. The molecule has 1 aliphatic rings. The molecule has 1 aliphatic heterocycles. The zero-order valence-corrected chi connectivity index (χ0v) is 11.1. The van der Waals surface area contributed by atoms with Crippen molar-refractivity contribution in [2.75, 3.05) is 31.8 Å². The average molecular weight is 263 g/mol. The average Bonchev–Trinajstić information content (AvgIpc) is 2.67. The van der Waals surface area contributed by atoms with E-state index < -0.39 is 11.7 Å². The first-order chi connectivity index (χ1) is 9.19. The van der Waals surface area contributed by atoms with E-state index >= 15 is 0 Å². The summed E-state index contributed by atoms with van der Waals surface area (Å²) in [7, 11) is 1.53. The molecule has 0 atom stereocenters. The van der Waals surface area contributed by atoms with Crippen LogP contribution in [0.1, 0.15) is 23.7 Å². The third-order valence-electron chi connectivity index (χ3n) is 3.05. The molecule has 19 heavy (non-hydrogen) atoms. The van der Waals surface area contributed by atoms with E-state index in [2.05, 4.69) is 0 Å². The maximum Gasteiger partial charge on any atom is 0.299 e. The molecule has 0 saturated carbocycles. The van der Waals surface area contributed by atoms with Gasteiger partial charge in [0.05, 0.1) is 18.4 Å². The molecular formula is C14H17NO4. The molecule has 0 aromatic heterocycles. The molecule has 102 valence electrons. The Hall–Kier alpha value is -1.88. The van der Waals surface area contributed by atoms with Crippen LogP contribution in [0.15, 0.2) is 18.2 Å². The molecule has 0 saturated heterocycles. The Bertz CT molecular complexity index is 498. The molecule has 0 fully saturated rings. The molecule has 0 bridgehead atoms. The molecule has 1 aromatic carbocycles. The van der Waals surface area contributed by atoms with Gasteiger partial charge in [0.1, 0.15) is 5.75 Å². The Labute approximate surface area is 112 Å². The van der Waals surface area contributed by atoms with E-state index in [1.807, 2.05) is 6.92 Å². The molecule has 5 heteroatoms. The fourth-order valence-electron chi connectivity index (χ4n) is 2.10. The van der Waals surface area contributed by atoms with Crippen LogP contribution in [0.4, 0.5) is 5.69 Å². The minimum Gasteiger partial charge on any atom is -0.497 e. The molecule has 0 spiro atoms. The van der Waals surface area contributed by atoms with Crippen molar-refractivity contribution < 1.29 is 19.1 Å². The summed E-state index contributed by atoms with van der Waals surface area (Å²) in [6.07, 6.45) is 0.707. The van der Waals surface area contributed by atoms with Crippen LogP contribution >= 0.6 is 0 Å². The summed E-state index contributed by atoms with van der Waals surface area (Å²) in [5, 5.41) is 0. The van der Waals surface area contributed by atoms with E-state index in [0.717, 1.165) is 0 Å². The van der Waals surface area contributed by atoms with Gasteiger partial charge in [0, 0.05) is 19.8 Å². The van der Waals surface area contributed by atoms with Gasteiger partial charge in [0.2, 0.25) is 0 Å². The van der Waals surface area contributed by atoms with Gasteiger partial charge in [-0.1, -0.05) is 0 Å². The highest BCUT2D eigenvalue weighted by Crippen LogP contribution is 2.31. The number of rotatable bonds is 6. The molecule has 1 heterocycles. The number of hydrogen-bond acceptors (Lipinski definition) is 4. The second-order valence-corrected chi connectivity index (χ2v) is 4.22. The lowest BCUT2D eigenvalue weighted by Crippen LogP contribution is -2.31. The number of ketones is 1. The van der Waals surface area contributed by atoms with E-state index in [-0.39, 0.29) is 0 Å². The SMILES string of the molecule is CCOCCCN1C(=O)C(=O)c2cc(OC)ccc21. The fraction of sp³-hybridized carbons (Fsp3) is 0.429. The Morgan fingerprint density at radius 1 is 1.26 bits per heavy atom. The second kappa shape index (κ2) is 5.84. The van der Waals surface area contributed by atoms with Crippen molar-refractivity contribution in [2.24, 2.45) is 0 Å². The number of nitrogens with zero attached hydrogens (tertiary/aromatic N) is 1. The Kier molecular flexibility index (Phi) is 4.16. The van der Waals surface area contributed by atoms with E-state index in [1.54, 1.807) is 18.2 Å². The maximum atomic E-state index is 11.9. The van der Waals surface area contributed by atoms with E-state index in [9.17, 15) is 9.59 Å². The summed E-state index contributed by atoms with van der Waals surface area (Å²) >= 11 is 0. The Balaban J connectivity index is 2.15. The van der Waals surface area contributed by atoms with Gasteiger partial charge in [0.15, 0.2) is 0 Å². The summed E-state index contributed by atoms with van der Waals surface area (Å²) in [5.74, 6) is -0.360. The van der Waals surface area contributed by atoms with Crippen LogP contribution in [-0.4, -0.2) is 38.6 Å². The summed E-state index contributed by atoms with van der Waals surface area (Å²) in [4.78, 5) is 25.3. The molecule has 0 radical (unpaired) electrons. The van der Waals surface area contributed by atoms with Crippen LogP contribution in [0, 0.1) is 0 Å². The van der Waals surface area contributed by atoms with Crippen molar-refractivity contribution in [3.05, 3.63) is 23.8 Å². The van der Waals surface area contributed by atoms with Gasteiger partial charge in [-0.25, -0.2) is 0 Å². The summed E-state index contributed by atoms with van der Waals surface area (Å²) in [6.45, 7) is 3.65. The number of anilines is 1. The smallest absolute Gasteiger partial charge is 0.299 e. The van der Waals surface area contributed by atoms with E-state index in [4.69, 9.17) is 9.47 Å². The summed E-state index contributed by atoms with van der Waals surface area (Å²) < 4.78 is 10.3. The minimum atomic E-state index is -0.472. The standard InChI is InChI=1S/C14H17NO4/c1-3-19-8-4-7-15-12-6-5-10(18-2)9-11(12)13(16)14(15)17/h5-6,9H,3-4,7-8H2,1-2H3. The molecule has 0 N–H and O–H groups in total. The number of ether oxygens (including phenoxy) is 2. The predicted octanol–water partition coefficient (Wildman–Crippen LogP) is 1.65. The molecule has 1 amide bonds. The third-order valence-corrected chi connectivity index (χ3v) is 3.05. The summed E-state index contributed by atoms with van der Waals surface area (Å²) in [6, 6.07) is 5.11. The molecular weight excluding hydrogens is 246 g/mol. The highest BCUT2D eigenvalue weighted by atomic mass is 16.5. The molecule has 0 aliphatic carbocycles. The van der Waals surface area contributed by atoms with Crippen LogP contribution in [0.5, 0.6) is 5.75 Å². The van der Waals surface area contributed by atoms with Crippen molar-refractivity contribution >= 4 is 17.4 Å². The summed E-state index contributed by atoms with van der Waals surface area (Å²) in [5.41, 5.74) is 1.08. The van der Waals surface area contributed by atoms with Crippen LogP contribution in [0.3, 0.4) is 0 Å². The molecule has 1 aromatic rings. The van der Waals surface area contributed by atoms with Gasteiger partial charge in [-0.2, -0.15) is 0 Å². The number of fused-ring (bicyclic) bond motifs is 1. The number of benzene rings is 1. The van der Waals surface area contributed by atoms with Crippen molar-refractivity contribution in [1.82, 2.24) is 0 Å². The van der Waals surface area contributed by atoms with Crippen LogP contribution < -0.4 is 9.64 Å². The largest absolute Gasteiger partial charge is 0.497 e. The fourth-order valence-corrected chi connectivity index (χ4v) is 2.10. The number of carbonyl (C=O) groups is 2. The van der Waals surface area contributed by atoms with Crippen LogP contribution in [0.2, 0.25) is 0 Å². The minimum absolute atomic E-state index is 0.417. The lowest BCUT2D eigenvalue weighted by Gasteiger charge is -2.16. The maximum absolute atomic E-state index is 11.9. The molecule has 2 rings (SSSR count). The number of hydrogen-bond donors (Lipinski definition) is 0. The van der Waals surface area contributed by atoms with Crippen LogP contribution in [-0.2, 0) is 9.53 Å². The first-order valence-corrected chi connectivity index (χ1v) is 6.31. The zero-order chi connectivity index (χ0) is 13.8. The lowest BCUT2D eigenvalue weighted by atomic mass is 10.1. The van der Waals surface area contributed by atoms with Gasteiger partial charge in [0.25, 0.3) is 11.7 Å². The van der Waals surface area contributed by atoms with Gasteiger partial charge < -0.3 is 14.4 Å². The third kappa shape index (κ3) is 2.61. The lowest BCUT2D eigenvalue weighted by molar-refractivity contribution is -0.114. The monoisotopic (exact) mass is 263 g/mol. The Morgan fingerprint density at radius 3 is 2.74 bits per heavy atom. The zero-order valence-electron chi connectivity index (χ0n) is 11.1. The van der Waals surface area contributed by atoms with E-state index in [1.165, 1.54) is 12.0 Å². The van der Waals surface area contributed by atoms with Crippen molar-refractivity contribution in [3.63, 3.8) is 0 Å². The number of Topliss-reactive ketones (excluding diaryl/α,β-unsaturated/α-hetero) is 1.